The molecule has 0 aliphatic carbocycles. The van der Waals surface area contributed by atoms with Gasteiger partial charge in [0.25, 0.3) is 0 Å². The van der Waals surface area contributed by atoms with Crippen molar-refractivity contribution < 1.29 is 37.6 Å². The van der Waals surface area contributed by atoms with Gasteiger partial charge >= 0.3 is 19.8 Å². The van der Waals surface area contributed by atoms with E-state index in [0.717, 1.165) is 83.5 Å². The van der Waals surface area contributed by atoms with Crippen LogP contribution in [-0.2, 0) is 32.7 Å². The van der Waals surface area contributed by atoms with Crippen molar-refractivity contribution in [3.8, 4) is 0 Å². The lowest BCUT2D eigenvalue weighted by Crippen LogP contribution is -2.29. The summed E-state index contributed by atoms with van der Waals surface area (Å²) in [6, 6.07) is 0. The Kier molecular flexibility index (Phi) is 45.4. The first kappa shape index (κ1) is 58.7. The maximum absolute atomic E-state index is 12.6. The fourth-order valence-corrected chi connectivity index (χ4v) is 7.50. The second-order valence-electron chi connectivity index (χ2n) is 16.3. The fraction of sp³-hybridized carbons (Fsp3) is 0.765. The number of rotatable bonds is 46. The smallest absolute Gasteiger partial charge is 0.462 e. The second kappa shape index (κ2) is 47.2. The molecule has 3 N–H and O–H groups in total. The molecule has 0 aromatic heterocycles. The first-order valence-electron chi connectivity index (χ1n) is 24.8. The Morgan fingerprint density at radius 1 is 0.508 bits per heavy atom. The normalized spacial score (nSPS) is 13.7. The van der Waals surface area contributed by atoms with Crippen LogP contribution in [0.2, 0.25) is 0 Å². The van der Waals surface area contributed by atoms with Crippen molar-refractivity contribution in [1.82, 2.24) is 0 Å². The second-order valence-corrected chi connectivity index (χ2v) is 17.8. The molecule has 0 saturated heterocycles. The van der Waals surface area contributed by atoms with Gasteiger partial charge in [-0.3, -0.25) is 18.6 Å². The van der Waals surface area contributed by atoms with Crippen molar-refractivity contribution in [2.24, 2.45) is 5.73 Å². The van der Waals surface area contributed by atoms with Gasteiger partial charge in [-0.25, -0.2) is 4.57 Å². The third-order valence-corrected chi connectivity index (χ3v) is 11.4. The van der Waals surface area contributed by atoms with Crippen LogP contribution in [0.1, 0.15) is 219 Å². The molecule has 0 radical (unpaired) electrons. The molecule has 0 bridgehead atoms. The topological polar surface area (TPSA) is 134 Å². The molecule has 0 spiro atoms. The lowest BCUT2D eigenvalue weighted by atomic mass is 10.1. The molecular weight excluding hydrogens is 786 g/mol. The van der Waals surface area contributed by atoms with E-state index in [0.29, 0.717) is 6.42 Å². The fourth-order valence-electron chi connectivity index (χ4n) is 6.74. The van der Waals surface area contributed by atoms with Crippen molar-refractivity contribution in [3.63, 3.8) is 0 Å². The molecular formula is C51H92NO8P. The number of ether oxygens (including phenoxy) is 2. The Balaban J connectivity index is 4.09. The lowest BCUT2D eigenvalue weighted by Gasteiger charge is -2.19. The highest BCUT2D eigenvalue weighted by molar-refractivity contribution is 7.47. The molecule has 61 heavy (non-hydrogen) atoms. The number of hydrogen-bond acceptors (Lipinski definition) is 8. The van der Waals surface area contributed by atoms with Gasteiger partial charge in [0.1, 0.15) is 6.61 Å². The molecule has 0 amide bonds. The van der Waals surface area contributed by atoms with Crippen molar-refractivity contribution in [2.75, 3.05) is 26.4 Å². The molecule has 354 valence electrons. The summed E-state index contributed by atoms with van der Waals surface area (Å²) >= 11 is 0. The highest BCUT2D eigenvalue weighted by Crippen LogP contribution is 2.43. The third-order valence-electron chi connectivity index (χ3n) is 10.4. The van der Waals surface area contributed by atoms with Crippen molar-refractivity contribution >= 4 is 19.8 Å². The number of carbonyl (C=O) groups is 2. The van der Waals surface area contributed by atoms with Crippen molar-refractivity contribution in [1.29, 1.82) is 0 Å². The Hall–Kier alpha value is -2.29. The summed E-state index contributed by atoms with van der Waals surface area (Å²) in [6.07, 6.45) is 56.8. The minimum absolute atomic E-state index is 0.0484. The quantitative estimate of drug-likeness (QED) is 0.0265. The molecule has 0 aromatic rings. The molecule has 0 aliphatic heterocycles. The van der Waals surface area contributed by atoms with Crippen LogP contribution in [0.25, 0.3) is 0 Å². The predicted octanol–water partition coefficient (Wildman–Crippen LogP) is 14.8. The summed E-state index contributed by atoms with van der Waals surface area (Å²) in [6.45, 7) is 3.62. The number of phosphoric acid groups is 1. The molecule has 0 aromatic carbocycles. The Morgan fingerprint density at radius 2 is 0.902 bits per heavy atom. The average Bonchev–Trinajstić information content (AvgIpc) is 3.25. The standard InChI is InChI=1S/C51H92NO8P/c1-3-5-7-9-11-13-15-17-19-21-23-24-26-27-29-31-33-35-37-39-41-43-50(53)57-47-49(48-59-61(55,56)58-46-45-52)60-51(54)44-42-40-38-36-34-32-30-28-25-22-20-18-16-14-12-10-8-6-4-2/h6,8,12,14,18,20-21,23,25,28,49H,3-5,7,9-11,13,15-17,19,22,24,26-27,29-48,52H2,1-2H3,(H,55,56)/b8-6-,14-12-,20-18-,23-21-,28-25-. The Labute approximate surface area is 374 Å². The van der Waals surface area contributed by atoms with Crippen LogP contribution < -0.4 is 5.73 Å². The number of nitrogens with two attached hydrogens (primary N) is 1. The number of hydrogen-bond donors (Lipinski definition) is 2. The van der Waals surface area contributed by atoms with Crippen LogP contribution >= 0.6 is 7.82 Å². The van der Waals surface area contributed by atoms with E-state index < -0.39 is 26.5 Å². The van der Waals surface area contributed by atoms with E-state index in [1.54, 1.807) is 0 Å². The molecule has 0 fully saturated rings. The summed E-state index contributed by atoms with van der Waals surface area (Å²) in [5.74, 6) is -0.845. The lowest BCUT2D eigenvalue weighted by molar-refractivity contribution is -0.161. The van der Waals surface area contributed by atoms with Gasteiger partial charge in [0.05, 0.1) is 13.2 Å². The van der Waals surface area contributed by atoms with E-state index in [2.05, 4.69) is 74.6 Å². The molecule has 0 aliphatic rings. The van der Waals surface area contributed by atoms with Crippen LogP contribution in [0, 0.1) is 0 Å². The van der Waals surface area contributed by atoms with Gasteiger partial charge in [-0.15, -0.1) is 0 Å². The van der Waals surface area contributed by atoms with Crippen molar-refractivity contribution in [2.45, 2.75) is 225 Å². The maximum Gasteiger partial charge on any atom is 0.472 e. The summed E-state index contributed by atoms with van der Waals surface area (Å²) in [5.41, 5.74) is 5.36. The Bertz CT molecular complexity index is 1180. The summed E-state index contributed by atoms with van der Waals surface area (Å²) < 4.78 is 32.9. The van der Waals surface area contributed by atoms with E-state index in [-0.39, 0.29) is 38.6 Å². The first-order chi connectivity index (χ1) is 29.8. The van der Waals surface area contributed by atoms with Gasteiger partial charge in [-0.1, -0.05) is 190 Å². The van der Waals surface area contributed by atoms with E-state index in [1.165, 1.54) is 103 Å². The van der Waals surface area contributed by atoms with E-state index in [9.17, 15) is 19.0 Å². The number of unbranched alkanes of at least 4 members (excludes halogenated alkanes) is 23. The molecule has 0 heterocycles. The van der Waals surface area contributed by atoms with E-state index in [1.807, 2.05) is 0 Å². The Morgan fingerprint density at radius 3 is 1.36 bits per heavy atom. The maximum atomic E-state index is 12.6. The largest absolute Gasteiger partial charge is 0.472 e. The van der Waals surface area contributed by atoms with Gasteiger partial charge in [-0.2, -0.15) is 0 Å². The van der Waals surface area contributed by atoms with Crippen molar-refractivity contribution in [3.05, 3.63) is 60.8 Å². The number of phosphoric ester groups is 1. The summed E-state index contributed by atoms with van der Waals surface area (Å²) in [4.78, 5) is 35.0. The monoisotopic (exact) mass is 878 g/mol. The summed E-state index contributed by atoms with van der Waals surface area (Å²) in [7, 11) is -4.39. The van der Waals surface area contributed by atoms with Gasteiger partial charge in [0.2, 0.25) is 0 Å². The molecule has 9 nitrogen and oxygen atoms in total. The molecule has 10 heteroatoms. The molecule has 2 unspecified atom stereocenters. The van der Waals surface area contributed by atoms with Crippen LogP contribution in [0.4, 0.5) is 0 Å². The number of esters is 2. The van der Waals surface area contributed by atoms with Crippen LogP contribution in [0.3, 0.4) is 0 Å². The zero-order valence-corrected chi connectivity index (χ0v) is 40.0. The van der Waals surface area contributed by atoms with E-state index in [4.69, 9.17) is 24.3 Å². The van der Waals surface area contributed by atoms with Gasteiger partial charge in [0, 0.05) is 19.4 Å². The molecule has 0 saturated carbocycles. The zero-order valence-electron chi connectivity index (χ0n) is 39.1. The van der Waals surface area contributed by atoms with Crippen LogP contribution in [-0.4, -0.2) is 49.3 Å². The minimum atomic E-state index is -4.39. The highest BCUT2D eigenvalue weighted by atomic mass is 31.2. The third kappa shape index (κ3) is 47.0. The number of allylic oxidation sites excluding steroid dienone is 10. The van der Waals surface area contributed by atoms with Crippen LogP contribution in [0.5, 0.6) is 0 Å². The average molecular weight is 878 g/mol. The molecule has 2 atom stereocenters. The SMILES string of the molecule is CC/C=C\C/C=C\C/C=C\C/C=C\CCCCCCCCC(=O)OC(COC(=O)CCCCCCCCCCC/C=C\CCCCCCCCCC)COP(=O)(O)OCCN. The van der Waals surface area contributed by atoms with Gasteiger partial charge in [0.15, 0.2) is 6.10 Å². The first-order valence-corrected chi connectivity index (χ1v) is 26.3. The highest BCUT2D eigenvalue weighted by Gasteiger charge is 2.26. The van der Waals surface area contributed by atoms with Crippen LogP contribution in [0.15, 0.2) is 60.8 Å². The summed E-state index contributed by atoms with van der Waals surface area (Å²) in [5, 5.41) is 0. The van der Waals surface area contributed by atoms with Gasteiger partial charge < -0.3 is 20.1 Å². The predicted molar refractivity (Wildman–Crippen MR) is 256 cm³/mol. The zero-order chi connectivity index (χ0) is 44.6. The molecule has 0 rings (SSSR count). The van der Waals surface area contributed by atoms with Gasteiger partial charge in [-0.05, 0) is 77.0 Å². The van der Waals surface area contributed by atoms with E-state index >= 15 is 0 Å². The minimum Gasteiger partial charge on any atom is -0.462 e. The number of carbonyl (C=O) groups excluding carboxylic acids is 2.